The molecule has 4 atom stereocenters. The Morgan fingerprint density at radius 1 is 0.609 bits per heavy atom. The van der Waals surface area contributed by atoms with Crippen LogP contribution in [0.25, 0.3) is 0 Å². The lowest BCUT2D eigenvalue weighted by atomic mass is 9.37. The molecular weight excluding hydrogens is 276 g/mol. The number of hydrogen-bond acceptors (Lipinski definition) is 0. The summed E-state index contributed by atoms with van der Waals surface area (Å²) in [5, 5.41) is 0. The molecule has 7 aliphatic rings. The lowest BCUT2D eigenvalue weighted by molar-refractivity contribution is -0.0861. The maximum Gasteiger partial charge on any atom is -0.00671 e. The Balaban J connectivity index is 1.72. The molecule has 0 spiro atoms. The second-order valence-electron chi connectivity index (χ2n) is 11.7. The van der Waals surface area contributed by atoms with E-state index in [0.717, 1.165) is 23.7 Å². The smallest absolute Gasteiger partial charge is 0.00671 e. The molecule has 4 unspecified atom stereocenters. The number of hydrogen-bond donors (Lipinski definition) is 0. The van der Waals surface area contributed by atoms with E-state index in [1.165, 1.54) is 19.3 Å². The first-order valence-electron chi connectivity index (χ1n) is 9.90. The van der Waals surface area contributed by atoms with Crippen LogP contribution in [-0.4, -0.2) is 0 Å². The fourth-order valence-corrected chi connectivity index (χ4v) is 8.60. The minimum atomic E-state index is 0.385. The Morgan fingerprint density at radius 2 is 0.957 bits per heavy atom. The molecule has 0 aromatic heterocycles. The maximum absolute atomic E-state index is 2.57. The molecule has 0 radical (unpaired) electrons. The molecule has 0 saturated heterocycles. The molecule has 4 bridgehead atoms. The first-order chi connectivity index (χ1) is 10.4. The van der Waals surface area contributed by atoms with Crippen molar-refractivity contribution in [2.24, 2.45) is 45.3 Å². The van der Waals surface area contributed by atoms with Crippen LogP contribution >= 0.6 is 0 Å². The van der Waals surface area contributed by atoms with Crippen molar-refractivity contribution in [2.45, 2.75) is 74.7 Å². The van der Waals surface area contributed by atoms with Crippen LogP contribution in [0.3, 0.4) is 0 Å². The van der Waals surface area contributed by atoms with Gasteiger partial charge in [0.15, 0.2) is 0 Å². The summed E-state index contributed by atoms with van der Waals surface area (Å²) in [7, 11) is 0. The summed E-state index contributed by atoms with van der Waals surface area (Å²) in [6, 6.07) is 0. The first kappa shape index (κ1) is 14.8. The third-order valence-corrected chi connectivity index (χ3v) is 9.68. The van der Waals surface area contributed by atoms with Crippen LogP contribution < -0.4 is 0 Å². The Hall–Kier alpha value is -0.520. The molecule has 2 fully saturated rings. The van der Waals surface area contributed by atoms with Crippen molar-refractivity contribution < 1.29 is 0 Å². The minimum absolute atomic E-state index is 0.385. The highest BCUT2D eigenvalue weighted by Crippen LogP contribution is 2.78. The minimum Gasteiger partial charge on any atom is -0.0590 e. The van der Waals surface area contributed by atoms with E-state index in [-0.39, 0.29) is 0 Å². The second kappa shape index (κ2) is 3.54. The summed E-state index contributed by atoms with van der Waals surface area (Å²) in [5.41, 5.74) is 9.28. The summed E-state index contributed by atoms with van der Waals surface area (Å²) in [5.74, 6) is 3.51. The molecular formula is C23H34. The summed E-state index contributed by atoms with van der Waals surface area (Å²) in [6.45, 7) is 20.5. The van der Waals surface area contributed by atoms with Gasteiger partial charge >= 0.3 is 0 Å². The van der Waals surface area contributed by atoms with Crippen LogP contribution in [0.15, 0.2) is 22.3 Å². The van der Waals surface area contributed by atoms with Crippen molar-refractivity contribution in [3.05, 3.63) is 22.3 Å². The zero-order valence-corrected chi connectivity index (χ0v) is 16.4. The standard InChI is InChI=1S/C23H34/c1-20(2)14-10-16(20)22(5,6)18-12(14)9-13-15-11-17(21(15,3)4)23(7,8)19(13)18/h14-17H,9-11H2,1-8H3. The van der Waals surface area contributed by atoms with E-state index in [4.69, 9.17) is 0 Å². The number of rotatable bonds is 0. The fourth-order valence-electron chi connectivity index (χ4n) is 8.60. The summed E-state index contributed by atoms with van der Waals surface area (Å²) >= 11 is 0. The van der Waals surface area contributed by atoms with Crippen LogP contribution in [0.2, 0.25) is 0 Å². The lowest BCUT2D eigenvalue weighted by Gasteiger charge is -2.67. The zero-order valence-electron chi connectivity index (χ0n) is 16.4. The second-order valence-corrected chi connectivity index (χ2v) is 11.7. The molecule has 23 heavy (non-hydrogen) atoms. The van der Waals surface area contributed by atoms with E-state index in [0.29, 0.717) is 21.7 Å². The van der Waals surface area contributed by atoms with Crippen molar-refractivity contribution >= 4 is 0 Å². The third-order valence-electron chi connectivity index (χ3n) is 9.68. The van der Waals surface area contributed by atoms with Crippen molar-refractivity contribution in [2.75, 3.05) is 0 Å². The van der Waals surface area contributed by atoms with Gasteiger partial charge in [0.05, 0.1) is 0 Å². The van der Waals surface area contributed by atoms with Crippen LogP contribution in [-0.2, 0) is 0 Å². The topological polar surface area (TPSA) is 0 Å². The Labute approximate surface area is 142 Å². The van der Waals surface area contributed by atoms with Gasteiger partial charge in [-0.2, -0.15) is 0 Å². The average Bonchev–Trinajstić information content (AvgIpc) is 2.77. The van der Waals surface area contributed by atoms with Crippen LogP contribution in [0.4, 0.5) is 0 Å². The maximum atomic E-state index is 2.57. The summed E-state index contributed by atoms with van der Waals surface area (Å²) in [4.78, 5) is 0. The molecule has 7 rings (SSSR count). The Kier molecular flexibility index (Phi) is 2.27. The molecule has 0 N–H and O–H groups in total. The third kappa shape index (κ3) is 1.29. The molecule has 0 nitrogen and oxygen atoms in total. The van der Waals surface area contributed by atoms with Crippen molar-refractivity contribution in [1.29, 1.82) is 0 Å². The van der Waals surface area contributed by atoms with E-state index in [1.54, 1.807) is 0 Å². The van der Waals surface area contributed by atoms with Gasteiger partial charge in [0, 0.05) is 0 Å². The number of allylic oxidation sites excluding steroid dienone is 4. The first-order valence-corrected chi connectivity index (χ1v) is 9.90. The molecule has 0 heteroatoms. The highest BCUT2D eigenvalue weighted by Gasteiger charge is 2.68. The van der Waals surface area contributed by atoms with Gasteiger partial charge in [-0.25, -0.2) is 0 Å². The van der Waals surface area contributed by atoms with Gasteiger partial charge in [0.1, 0.15) is 0 Å². The fraction of sp³-hybridized carbons (Fsp3) is 0.826. The van der Waals surface area contributed by atoms with Crippen LogP contribution in [0.1, 0.15) is 74.7 Å². The Morgan fingerprint density at radius 3 is 1.26 bits per heavy atom. The Bertz CT molecular complexity index is 632. The highest BCUT2D eigenvalue weighted by atomic mass is 14.7. The van der Waals surface area contributed by atoms with Gasteiger partial charge in [-0.05, 0) is 75.7 Å². The van der Waals surface area contributed by atoms with Crippen molar-refractivity contribution in [3.63, 3.8) is 0 Å². The van der Waals surface area contributed by atoms with E-state index >= 15 is 0 Å². The molecule has 0 heterocycles. The quantitative estimate of drug-likeness (QED) is 0.486. The van der Waals surface area contributed by atoms with E-state index in [9.17, 15) is 0 Å². The van der Waals surface area contributed by atoms with Crippen LogP contribution in [0, 0.1) is 45.3 Å². The largest absolute Gasteiger partial charge is 0.0590 e. The van der Waals surface area contributed by atoms with Crippen molar-refractivity contribution in [1.82, 2.24) is 0 Å². The van der Waals surface area contributed by atoms with Crippen LogP contribution in [0.5, 0.6) is 0 Å². The van der Waals surface area contributed by atoms with E-state index < -0.39 is 0 Å². The zero-order chi connectivity index (χ0) is 16.7. The molecule has 0 amide bonds. The molecule has 0 aromatic carbocycles. The predicted molar refractivity (Wildman–Crippen MR) is 97.0 cm³/mol. The van der Waals surface area contributed by atoms with Gasteiger partial charge in [-0.1, -0.05) is 66.5 Å². The van der Waals surface area contributed by atoms with Gasteiger partial charge in [0.2, 0.25) is 0 Å². The van der Waals surface area contributed by atoms with E-state index in [1.807, 2.05) is 22.3 Å². The van der Waals surface area contributed by atoms with Gasteiger partial charge < -0.3 is 0 Å². The molecule has 0 aromatic rings. The molecule has 0 aliphatic heterocycles. The van der Waals surface area contributed by atoms with Gasteiger partial charge in [-0.15, -0.1) is 0 Å². The van der Waals surface area contributed by atoms with Crippen molar-refractivity contribution in [3.8, 4) is 0 Å². The monoisotopic (exact) mass is 310 g/mol. The van der Waals surface area contributed by atoms with Gasteiger partial charge in [-0.3, -0.25) is 0 Å². The summed E-state index contributed by atoms with van der Waals surface area (Å²) in [6.07, 6.45) is 4.24. The molecule has 126 valence electrons. The average molecular weight is 311 g/mol. The predicted octanol–water partition coefficient (Wildman–Crippen LogP) is 6.39. The lowest BCUT2D eigenvalue weighted by Crippen LogP contribution is -2.59. The normalized spacial score (nSPS) is 45.9. The summed E-state index contributed by atoms with van der Waals surface area (Å²) < 4.78 is 0. The highest BCUT2D eigenvalue weighted by molar-refractivity contribution is 5.61. The SMILES string of the molecule is CC1(C)C2=C(CC3=C2C(C)(C)C2CC3C2(C)C)C2CC1C2(C)C. The molecule has 7 aliphatic carbocycles. The van der Waals surface area contributed by atoms with Gasteiger partial charge in [0.25, 0.3) is 0 Å². The van der Waals surface area contributed by atoms with E-state index in [2.05, 4.69) is 55.4 Å². The molecule has 2 saturated carbocycles.